The van der Waals surface area contributed by atoms with Crippen LogP contribution in [0.5, 0.6) is 5.75 Å². The minimum atomic E-state index is -4.98. The molecule has 0 saturated carbocycles. The largest absolute Gasteiger partial charge is 0.496 e. The molecule has 10 heteroatoms. The van der Waals surface area contributed by atoms with E-state index >= 15 is 0 Å². The highest BCUT2D eigenvalue weighted by Gasteiger charge is 2.60. The van der Waals surface area contributed by atoms with Crippen molar-refractivity contribution >= 4 is 22.8 Å². The third kappa shape index (κ3) is 5.41. The fourth-order valence-electron chi connectivity index (χ4n) is 4.44. The average molecular weight is 494 g/mol. The molecule has 1 amide bonds. The zero-order valence-corrected chi connectivity index (χ0v) is 19.7. The number of nitrogens with two attached hydrogens (primary N) is 1. The lowest BCUT2D eigenvalue weighted by atomic mass is 9.73. The number of H-pyrrole nitrogens is 1. The van der Waals surface area contributed by atoms with E-state index in [-0.39, 0.29) is 22.6 Å². The topological polar surface area (TPSA) is 94.4 Å². The Kier molecular flexibility index (Phi) is 6.88. The van der Waals surface area contributed by atoms with Gasteiger partial charge in [-0.1, -0.05) is 13.8 Å². The Labute approximate surface area is 199 Å². The SMILES string of the molecule is COc1ccc(F)cc1C(C)(C)CC(Cc1cc2cc(C(N)=O)ccc2[nH]1)(OC(C)=O)C(F)(F)F. The number of alkyl halides is 3. The van der Waals surface area contributed by atoms with Gasteiger partial charge in [-0.25, -0.2) is 4.39 Å². The summed E-state index contributed by atoms with van der Waals surface area (Å²) in [5.74, 6) is -2.22. The van der Waals surface area contributed by atoms with Crippen LogP contribution in [0.25, 0.3) is 10.9 Å². The molecule has 0 spiro atoms. The molecule has 35 heavy (non-hydrogen) atoms. The third-order valence-corrected chi connectivity index (χ3v) is 5.91. The summed E-state index contributed by atoms with van der Waals surface area (Å²) in [6, 6.07) is 9.48. The van der Waals surface area contributed by atoms with E-state index in [0.717, 1.165) is 19.1 Å². The standard InChI is InChI=1S/C25H26F4N2O4/c1-14(32)35-24(25(27,28)29,13-23(2,3)19-11-17(26)6-8-21(19)34-4)12-18-10-16-9-15(22(30)33)5-7-20(16)31-18/h5-11,31H,12-13H2,1-4H3,(H2,30,33). The van der Waals surface area contributed by atoms with Crippen molar-refractivity contribution in [3.05, 3.63) is 65.1 Å². The van der Waals surface area contributed by atoms with Gasteiger partial charge in [-0.05, 0) is 47.9 Å². The van der Waals surface area contributed by atoms with E-state index in [4.69, 9.17) is 15.2 Å². The van der Waals surface area contributed by atoms with Crippen LogP contribution >= 0.6 is 0 Å². The van der Waals surface area contributed by atoms with Gasteiger partial charge in [-0.3, -0.25) is 9.59 Å². The number of hydrogen-bond acceptors (Lipinski definition) is 4. The Hall–Kier alpha value is -3.56. The van der Waals surface area contributed by atoms with Crippen molar-refractivity contribution in [2.45, 2.75) is 50.8 Å². The van der Waals surface area contributed by atoms with Gasteiger partial charge in [0.05, 0.1) is 7.11 Å². The van der Waals surface area contributed by atoms with E-state index in [1.807, 2.05) is 0 Å². The van der Waals surface area contributed by atoms with Crippen molar-refractivity contribution in [2.75, 3.05) is 7.11 Å². The van der Waals surface area contributed by atoms with Gasteiger partial charge in [0.15, 0.2) is 0 Å². The van der Waals surface area contributed by atoms with E-state index in [0.29, 0.717) is 10.9 Å². The number of aromatic nitrogens is 1. The number of esters is 1. The number of carbonyl (C=O) groups is 2. The summed E-state index contributed by atoms with van der Waals surface area (Å²) in [6.07, 6.45) is -6.44. The molecule has 3 rings (SSSR count). The normalized spacial score (nSPS) is 13.9. The predicted octanol–water partition coefficient (Wildman–Crippen LogP) is 5.19. The van der Waals surface area contributed by atoms with Crippen LogP contribution in [-0.2, 0) is 21.4 Å². The molecular formula is C25H26F4N2O4. The highest BCUT2D eigenvalue weighted by Crippen LogP contribution is 2.47. The first-order chi connectivity index (χ1) is 16.2. The van der Waals surface area contributed by atoms with E-state index in [9.17, 15) is 27.2 Å². The first-order valence-corrected chi connectivity index (χ1v) is 10.7. The van der Waals surface area contributed by atoms with E-state index in [1.54, 1.807) is 0 Å². The number of fused-ring (bicyclic) bond motifs is 1. The summed E-state index contributed by atoms with van der Waals surface area (Å²) in [6.45, 7) is 3.90. The number of methoxy groups -OCH3 is 1. The van der Waals surface area contributed by atoms with Crippen molar-refractivity contribution in [2.24, 2.45) is 5.73 Å². The van der Waals surface area contributed by atoms with Crippen LogP contribution in [0.15, 0.2) is 42.5 Å². The molecule has 0 aliphatic heterocycles. The monoisotopic (exact) mass is 494 g/mol. The van der Waals surface area contributed by atoms with Gasteiger partial charge in [-0.15, -0.1) is 0 Å². The minimum absolute atomic E-state index is 0.127. The number of aromatic amines is 1. The van der Waals surface area contributed by atoms with Gasteiger partial charge in [0, 0.05) is 47.5 Å². The average Bonchev–Trinajstić information content (AvgIpc) is 3.13. The number of halogens is 4. The molecule has 188 valence electrons. The van der Waals surface area contributed by atoms with E-state index in [1.165, 1.54) is 51.3 Å². The number of ether oxygens (including phenoxy) is 2. The number of benzene rings is 2. The summed E-state index contributed by atoms with van der Waals surface area (Å²) in [5.41, 5.74) is 2.02. The molecule has 0 fully saturated rings. The summed E-state index contributed by atoms with van der Waals surface area (Å²) >= 11 is 0. The van der Waals surface area contributed by atoms with Crippen LogP contribution in [0.1, 0.15) is 48.8 Å². The number of primary amides is 1. The fraction of sp³-hybridized carbons (Fsp3) is 0.360. The molecule has 3 aromatic rings. The molecule has 0 saturated heterocycles. The molecule has 1 unspecified atom stereocenters. The molecule has 2 aromatic carbocycles. The maximum atomic E-state index is 14.7. The van der Waals surface area contributed by atoms with Gasteiger partial charge in [0.2, 0.25) is 11.5 Å². The zero-order valence-electron chi connectivity index (χ0n) is 19.7. The Morgan fingerprint density at radius 3 is 2.31 bits per heavy atom. The van der Waals surface area contributed by atoms with E-state index in [2.05, 4.69) is 4.98 Å². The first kappa shape index (κ1) is 26.1. The minimum Gasteiger partial charge on any atom is -0.496 e. The van der Waals surface area contributed by atoms with Gasteiger partial charge >= 0.3 is 12.1 Å². The Morgan fingerprint density at radius 1 is 1.06 bits per heavy atom. The summed E-state index contributed by atoms with van der Waals surface area (Å²) < 4.78 is 68.4. The Bertz CT molecular complexity index is 1270. The quantitative estimate of drug-likeness (QED) is 0.333. The van der Waals surface area contributed by atoms with Crippen LogP contribution in [0, 0.1) is 5.82 Å². The lowest BCUT2D eigenvalue weighted by molar-refractivity contribution is -0.275. The van der Waals surface area contributed by atoms with E-state index < -0.39 is 47.7 Å². The first-order valence-electron chi connectivity index (χ1n) is 10.7. The zero-order chi connectivity index (χ0) is 26.2. The molecule has 6 nitrogen and oxygen atoms in total. The molecular weight excluding hydrogens is 468 g/mol. The highest BCUT2D eigenvalue weighted by molar-refractivity contribution is 5.97. The summed E-state index contributed by atoms with van der Waals surface area (Å²) in [7, 11) is 1.33. The lowest BCUT2D eigenvalue weighted by Gasteiger charge is -2.41. The van der Waals surface area contributed by atoms with Gasteiger partial charge < -0.3 is 20.2 Å². The van der Waals surface area contributed by atoms with Gasteiger partial charge in [0.1, 0.15) is 11.6 Å². The highest BCUT2D eigenvalue weighted by atomic mass is 19.4. The fourth-order valence-corrected chi connectivity index (χ4v) is 4.44. The van der Waals surface area contributed by atoms with Gasteiger partial charge in [0.25, 0.3) is 0 Å². The van der Waals surface area contributed by atoms with Crippen LogP contribution in [0.2, 0.25) is 0 Å². The molecule has 0 radical (unpaired) electrons. The second-order valence-corrected chi connectivity index (χ2v) is 9.13. The van der Waals surface area contributed by atoms with Crippen LogP contribution in [0.4, 0.5) is 17.6 Å². The smallest absolute Gasteiger partial charge is 0.428 e. The van der Waals surface area contributed by atoms with Crippen molar-refractivity contribution in [1.82, 2.24) is 4.98 Å². The van der Waals surface area contributed by atoms with Crippen molar-refractivity contribution < 1.29 is 36.6 Å². The molecule has 0 bridgehead atoms. The number of nitrogens with one attached hydrogen (secondary N) is 1. The van der Waals surface area contributed by atoms with Crippen molar-refractivity contribution in [1.29, 1.82) is 0 Å². The molecule has 1 aromatic heterocycles. The van der Waals surface area contributed by atoms with Crippen LogP contribution in [-0.4, -0.2) is 35.7 Å². The second kappa shape index (κ2) is 9.24. The summed E-state index contributed by atoms with van der Waals surface area (Å²) in [5, 5.41) is 0.473. The molecule has 3 N–H and O–H groups in total. The number of rotatable bonds is 8. The molecule has 0 aliphatic rings. The molecule has 1 atom stereocenters. The van der Waals surface area contributed by atoms with Crippen LogP contribution < -0.4 is 10.5 Å². The number of carbonyl (C=O) groups excluding carboxylic acids is 2. The van der Waals surface area contributed by atoms with Crippen molar-refractivity contribution in [3.63, 3.8) is 0 Å². The van der Waals surface area contributed by atoms with Crippen LogP contribution in [0.3, 0.4) is 0 Å². The number of amides is 1. The second-order valence-electron chi connectivity index (χ2n) is 9.13. The molecule has 1 heterocycles. The molecule has 0 aliphatic carbocycles. The maximum absolute atomic E-state index is 14.7. The maximum Gasteiger partial charge on any atom is 0.428 e. The third-order valence-electron chi connectivity index (χ3n) is 5.91. The lowest BCUT2D eigenvalue weighted by Crippen LogP contribution is -2.54. The Balaban J connectivity index is 2.12. The van der Waals surface area contributed by atoms with Gasteiger partial charge in [-0.2, -0.15) is 13.2 Å². The Morgan fingerprint density at radius 2 is 1.74 bits per heavy atom. The number of hydrogen-bond donors (Lipinski definition) is 2. The van der Waals surface area contributed by atoms with Crippen molar-refractivity contribution in [3.8, 4) is 5.75 Å². The predicted molar refractivity (Wildman–Crippen MR) is 122 cm³/mol. The summed E-state index contributed by atoms with van der Waals surface area (Å²) in [4.78, 5) is 26.3.